The van der Waals surface area contributed by atoms with Crippen LogP contribution in [0.2, 0.25) is 0 Å². The molecule has 0 unspecified atom stereocenters. The number of hydrogen-bond acceptors (Lipinski definition) is 4. The van der Waals surface area contributed by atoms with Gasteiger partial charge in [-0.3, -0.25) is 4.79 Å². The Morgan fingerprint density at radius 1 is 1.41 bits per heavy atom. The van der Waals surface area contributed by atoms with Gasteiger partial charge >= 0.3 is 0 Å². The largest absolute Gasteiger partial charge is 0.339 e. The van der Waals surface area contributed by atoms with Crippen LogP contribution in [0, 0.1) is 0 Å². The maximum atomic E-state index is 12.6. The zero-order valence-electron chi connectivity index (χ0n) is 13.2. The molecule has 1 atom stereocenters. The van der Waals surface area contributed by atoms with Crippen molar-refractivity contribution in [3.8, 4) is 0 Å². The summed E-state index contributed by atoms with van der Waals surface area (Å²) in [7, 11) is 0. The van der Waals surface area contributed by atoms with Gasteiger partial charge < -0.3 is 9.42 Å². The lowest BCUT2D eigenvalue weighted by Crippen LogP contribution is -2.35. The number of para-hydroxylation sites is 1. The first-order valence-electron chi connectivity index (χ1n) is 7.78. The number of hydrogen-bond donors (Lipinski definition) is 0. The Labute approximate surface area is 130 Å². The number of fused-ring (bicyclic) bond motifs is 1. The van der Waals surface area contributed by atoms with Crippen molar-refractivity contribution >= 4 is 11.6 Å². The first-order valence-corrected chi connectivity index (χ1v) is 7.78. The van der Waals surface area contributed by atoms with Crippen LogP contribution in [0.1, 0.15) is 50.4 Å². The molecule has 1 aromatic heterocycles. The van der Waals surface area contributed by atoms with Crippen molar-refractivity contribution in [3.05, 3.63) is 41.5 Å². The first-order chi connectivity index (χ1) is 10.6. The predicted molar refractivity (Wildman–Crippen MR) is 83.8 cm³/mol. The fraction of sp³-hybridized carbons (Fsp3) is 0.471. The average Bonchev–Trinajstić information content (AvgIpc) is 3.08. The smallest absolute Gasteiger partial charge is 0.227 e. The van der Waals surface area contributed by atoms with E-state index in [1.54, 1.807) is 0 Å². The van der Waals surface area contributed by atoms with E-state index >= 15 is 0 Å². The van der Waals surface area contributed by atoms with E-state index in [0.29, 0.717) is 24.6 Å². The van der Waals surface area contributed by atoms with Gasteiger partial charge in [0.05, 0.1) is 0 Å². The molecule has 0 aliphatic carbocycles. The third kappa shape index (κ3) is 2.75. The molecule has 1 aliphatic rings. The molecule has 1 amide bonds. The fourth-order valence-corrected chi connectivity index (χ4v) is 2.88. The molecular formula is C17H21N3O2. The van der Waals surface area contributed by atoms with Crippen molar-refractivity contribution in [2.45, 2.75) is 52.0 Å². The molecule has 2 heterocycles. The van der Waals surface area contributed by atoms with E-state index in [-0.39, 0.29) is 17.9 Å². The molecular weight excluding hydrogens is 278 g/mol. The molecule has 0 bridgehead atoms. The summed E-state index contributed by atoms with van der Waals surface area (Å²) in [5.41, 5.74) is 2.27. The molecule has 1 aliphatic heterocycles. The van der Waals surface area contributed by atoms with Crippen molar-refractivity contribution in [2.24, 2.45) is 0 Å². The Balaban J connectivity index is 1.67. The first kappa shape index (κ1) is 14.8. The number of nitrogens with zero attached hydrogens (tertiary/aromatic N) is 3. The van der Waals surface area contributed by atoms with Crippen LogP contribution in [0.3, 0.4) is 0 Å². The van der Waals surface area contributed by atoms with Crippen LogP contribution in [-0.2, 0) is 17.6 Å². The van der Waals surface area contributed by atoms with E-state index in [4.69, 9.17) is 4.52 Å². The van der Waals surface area contributed by atoms with Gasteiger partial charge in [0, 0.05) is 30.5 Å². The molecule has 1 aromatic carbocycles. The van der Waals surface area contributed by atoms with E-state index in [1.807, 2.05) is 36.9 Å². The highest BCUT2D eigenvalue weighted by molar-refractivity contribution is 5.96. The van der Waals surface area contributed by atoms with Gasteiger partial charge in [-0.15, -0.1) is 0 Å². The minimum atomic E-state index is 0.113. The number of amides is 1. The normalized spacial score (nSPS) is 17.1. The second kappa shape index (κ2) is 5.91. The van der Waals surface area contributed by atoms with Gasteiger partial charge in [-0.1, -0.05) is 37.2 Å². The molecule has 0 saturated heterocycles. The minimum Gasteiger partial charge on any atom is -0.339 e. The van der Waals surface area contributed by atoms with Crippen molar-refractivity contribution < 1.29 is 9.32 Å². The van der Waals surface area contributed by atoms with Crippen LogP contribution < -0.4 is 4.90 Å². The minimum absolute atomic E-state index is 0.113. The van der Waals surface area contributed by atoms with Crippen molar-refractivity contribution in [1.29, 1.82) is 0 Å². The molecule has 2 aromatic rings. The molecule has 5 heteroatoms. The molecule has 0 radical (unpaired) electrons. The van der Waals surface area contributed by atoms with Crippen molar-refractivity contribution in [2.75, 3.05) is 4.90 Å². The summed E-state index contributed by atoms with van der Waals surface area (Å²) >= 11 is 0. The van der Waals surface area contributed by atoms with Crippen LogP contribution >= 0.6 is 0 Å². The monoisotopic (exact) mass is 299 g/mol. The Bertz CT molecular complexity index is 678. The number of carbonyl (C=O) groups excluding carboxylic acids is 1. The summed E-state index contributed by atoms with van der Waals surface area (Å²) in [6.07, 6.45) is 1.79. The van der Waals surface area contributed by atoms with Crippen molar-refractivity contribution in [3.63, 3.8) is 0 Å². The molecule has 116 valence electrons. The zero-order valence-corrected chi connectivity index (χ0v) is 13.2. The standard InChI is InChI=1S/C17H21N3O2/c1-11(2)17-18-15(22-19-17)8-9-16(21)20-12(3)10-13-6-4-5-7-14(13)20/h4-7,11-12H,8-10H2,1-3H3/t12-/m0/s1. The third-order valence-corrected chi connectivity index (χ3v) is 4.03. The molecule has 22 heavy (non-hydrogen) atoms. The Kier molecular flexibility index (Phi) is 3.96. The van der Waals surface area contributed by atoms with Gasteiger partial charge in [0.25, 0.3) is 0 Å². The highest BCUT2D eigenvalue weighted by Crippen LogP contribution is 2.32. The van der Waals surface area contributed by atoms with Gasteiger partial charge in [0.15, 0.2) is 5.82 Å². The number of aryl methyl sites for hydroxylation is 1. The summed E-state index contributed by atoms with van der Waals surface area (Å²) < 4.78 is 5.20. The lowest BCUT2D eigenvalue weighted by atomic mass is 10.1. The predicted octanol–water partition coefficient (Wildman–Crippen LogP) is 3.10. The molecule has 0 spiro atoms. The van der Waals surface area contributed by atoms with Gasteiger partial charge in [0.1, 0.15) is 0 Å². The number of benzene rings is 1. The highest BCUT2D eigenvalue weighted by atomic mass is 16.5. The van der Waals surface area contributed by atoms with Gasteiger partial charge in [-0.25, -0.2) is 0 Å². The maximum absolute atomic E-state index is 12.6. The summed E-state index contributed by atoms with van der Waals surface area (Å²) in [4.78, 5) is 18.8. The average molecular weight is 299 g/mol. The Morgan fingerprint density at radius 3 is 2.91 bits per heavy atom. The van der Waals surface area contributed by atoms with Crippen molar-refractivity contribution in [1.82, 2.24) is 10.1 Å². The molecule has 0 fully saturated rings. The van der Waals surface area contributed by atoms with E-state index in [2.05, 4.69) is 23.1 Å². The second-order valence-corrected chi connectivity index (χ2v) is 6.15. The van der Waals surface area contributed by atoms with E-state index in [1.165, 1.54) is 5.56 Å². The second-order valence-electron chi connectivity index (χ2n) is 6.15. The highest BCUT2D eigenvalue weighted by Gasteiger charge is 2.30. The van der Waals surface area contributed by atoms with Crippen LogP contribution in [-0.4, -0.2) is 22.1 Å². The number of anilines is 1. The fourth-order valence-electron chi connectivity index (χ4n) is 2.88. The summed E-state index contributed by atoms with van der Waals surface area (Å²) in [6.45, 7) is 6.12. The van der Waals surface area contributed by atoms with Crippen LogP contribution in [0.4, 0.5) is 5.69 Å². The van der Waals surface area contributed by atoms with E-state index in [0.717, 1.165) is 12.1 Å². The molecule has 0 saturated carbocycles. The van der Waals surface area contributed by atoms with Gasteiger partial charge in [-0.2, -0.15) is 4.98 Å². The topological polar surface area (TPSA) is 59.2 Å². The summed E-state index contributed by atoms with van der Waals surface area (Å²) in [5.74, 6) is 1.58. The van der Waals surface area contributed by atoms with E-state index < -0.39 is 0 Å². The molecule has 3 rings (SSSR count). The van der Waals surface area contributed by atoms with E-state index in [9.17, 15) is 4.79 Å². The van der Waals surface area contributed by atoms with Gasteiger partial charge in [0.2, 0.25) is 11.8 Å². The lowest BCUT2D eigenvalue weighted by Gasteiger charge is -2.22. The quantitative estimate of drug-likeness (QED) is 0.870. The summed E-state index contributed by atoms with van der Waals surface area (Å²) in [6, 6.07) is 8.31. The summed E-state index contributed by atoms with van der Waals surface area (Å²) in [5, 5.41) is 3.93. The number of aromatic nitrogens is 2. The SMILES string of the molecule is CC(C)c1noc(CCC(=O)N2c3ccccc3C[C@@H]2C)n1. The number of carbonyl (C=O) groups is 1. The zero-order chi connectivity index (χ0) is 15.7. The maximum Gasteiger partial charge on any atom is 0.227 e. The molecule has 0 N–H and O–H groups in total. The van der Waals surface area contributed by atoms with Gasteiger partial charge in [-0.05, 0) is 25.0 Å². The van der Waals surface area contributed by atoms with Crippen LogP contribution in [0.25, 0.3) is 0 Å². The lowest BCUT2D eigenvalue weighted by molar-refractivity contribution is -0.118. The van der Waals surface area contributed by atoms with Crippen LogP contribution in [0.15, 0.2) is 28.8 Å². The Hall–Kier alpha value is -2.17. The Morgan fingerprint density at radius 2 is 2.18 bits per heavy atom. The molecule has 5 nitrogen and oxygen atoms in total. The van der Waals surface area contributed by atoms with Crippen LogP contribution in [0.5, 0.6) is 0 Å². The number of rotatable bonds is 4. The third-order valence-electron chi connectivity index (χ3n) is 4.03.